The third-order valence-corrected chi connectivity index (χ3v) is 4.14. The summed E-state index contributed by atoms with van der Waals surface area (Å²) in [6, 6.07) is 9.85. The molecule has 0 unspecified atom stereocenters. The van der Waals surface area contributed by atoms with Gasteiger partial charge in [0, 0.05) is 5.92 Å². The highest BCUT2D eigenvalue weighted by atomic mass is 16.5. The fourth-order valence-electron chi connectivity index (χ4n) is 2.93. The van der Waals surface area contributed by atoms with Crippen molar-refractivity contribution >= 4 is 0 Å². The van der Waals surface area contributed by atoms with Crippen molar-refractivity contribution in [1.82, 2.24) is 25.1 Å². The van der Waals surface area contributed by atoms with E-state index in [-0.39, 0.29) is 0 Å². The smallest absolute Gasteiger partial charge is 0.230 e. The summed E-state index contributed by atoms with van der Waals surface area (Å²) in [5.74, 6) is 1.66. The van der Waals surface area contributed by atoms with Gasteiger partial charge in [0.15, 0.2) is 5.69 Å². The van der Waals surface area contributed by atoms with Crippen LogP contribution in [0.4, 0.5) is 0 Å². The number of aromatic nitrogens is 5. The zero-order valence-electron chi connectivity index (χ0n) is 12.2. The van der Waals surface area contributed by atoms with Crippen LogP contribution in [0.25, 0.3) is 17.2 Å². The van der Waals surface area contributed by atoms with E-state index < -0.39 is 0 Å². The van der Waals surface area contributed by atoms with Crippen LogP contribution in [0.15, 0.2) is 41.1 Å². The molecular formula is C16H17N5O. The molecule has 22 heavy (non-hydrogen) atoms. The van der Waals surface area contributed by atoms with Crippen LogP contribution in [0, 0.1) is 0 Å². The molecule has 1 aliphatic rings. The molecule has 3 aromatic rings. The van der Waals surface area contributed by atoms with Crippen LogP contribution in [-0.2, 0) is 0 Å². The molecule has 0 amide bonds. The van der Waals surface area contributed by atoms with Crippen LogP contribution in [0.1, 0.15) is 43.9 Å². The molecule has 112 valence electrons. The first-order valence-electron chi connectivity index (χ1n) is 7.72. The van der Waals surface area contributed by atoms with Crippen molar-refractivity contribution in [3.05, 3.63) is 42.4 Å². The number of nitrogens with zero attached hydrogens (tertiary/aromatic N) is 5. The van der Waals surface area contributed by atoms with E-state index in [1.807, 2.05) is 36.5 Å². The second kappa shape index (κ2) is 5.71. The second-order valence-electron chi connectivity index (χ2n) is 5.68. The molecule has 4 rings (SSSR count). The maximum Gasteiger partial charge on any atom is 0.230 e. The van der Waals surface area contributed by atoms with Gasteiger partial charge in [-0.2, -0.15) is 4.98 Å². The number of para-hydroxylation sites is 1. The van der Waals surface area contributed by atoms with Crippen molar-refractivity contribution < 1.29 is 4.52 Å². The minimum atomic E-state index is 0.402. The molecule has 0 radical (unpaired) electrons. The first kappa shape index (κ1) is 13.2. The molecule has 0 atom stereocenters. The van der Waals surface area contributed by atoms with Gasteiger partial charge in [-0.3, -0.25) is 0 Å². The normalized spacial score (nSPS) is 16.0. The van der Waals surface area contributed by atoms with Crippen LogP contribution < -0.4 is 0 Å². The molecule has 2 aromatic heterocycles. The van der Waals surface area contributed by atoms with Gasteiger partial charge in [-0.05, 0) is 25.0 Å². The summed E-state index contributed by atoms with van der Waals surface area (Å²) in [6.45, 7) is 0. The number of hydrogen-bond donors (Lipinski definition) is 0. The van der Waals surface area contributed by atoms with E-state index in [4.69, 9.17) is 4.52 Å². The molecule has 0 aliphatic heterocycles. The summed E-state index contributed by atoms with van der Waals surface area (Å²) in [6.07, 6.45) is 7.89. The Balaban J connectivity index is 1.58. The summed E-state index contributed by atoms with van der Waals surface area (Å²) in [4.78, 5) is 4.52. The Morgan fingerprint density at radius 3 is 2.68 bits per heavy atom. The summed E-state index contributed by atoms with van der Waals surface area (Å²) < 4.78 is 7.15. The third kappa shape index (κ3) is 2.52. The summed E-state index contributed by atoms with van der Waals surface area (Å²) in [7, 11) is 0. The predicted octanol–water partition coefficient (Wildman–Crippen LogP) is 3.37. The van der Waals surface area contributed by atoms with E-state index in [0.29, 0.717) is 17.4 Å². The van der Waals surface area contributed by atoms with Gasteiger partial charge in [-0.25, -0.2) is 4.68 Å². The van der Waals surface area contributed by atoms with E-state index in [1.54, 1.807) is 4.68 Å². The van der Waals surface area contributed by atoms with E-state index in [9.17, 15) is 0 Å². The molecule has 2 heterocycles. The van der Waals surface area contributed by atoms with Crippen molar-refractivity contribution in [1.29, 1.82) is 0 Å². The van der Waals surface area contributed by atoms with Crippen molar-refractivity contribution in [3.8, 4) is 17.2 Å². The van der Waals surface area contributed by atoms with Gasteiger partial charge in [0.2, 0.25) is 11.7 Å². The van der Waals surface area contributed by atoms with Crippen molar-refractivity contribution in [2.45, 2.75) is 38.0 Å². The first-order valence-corrected chi connectivity index (χ1v) is 7.72. The van der Waals surface area contributed by atoms with Crippen LogP contribution >= 0.6 is 0 Å². The summed E-state index contributed by atoms with van der Waals surface area (Å²) >= 11 is 0. The molecule has 1 aromatic carbocycles. The average Bonchev–Trinajstić information content (AvgIpc) is 3.26. The van der Waals surface area contributed by atoms with Crippen LogP contribution in [-0.4, -0.2) is 25.1 Å². The SMILES string of the molecule is c1ccc(-n2cc(-c3noc(C4CCCCC4)n3)nn2)cc1. The lowest BCUT2D eigenvalue weighted by molar-refractivity contribution is 0.314. The summed E-state index contributed by atoms with van der Waals surface area (Å²) in [5.41, 5.74) is 1.59. The highest BCUT2D eigenvalue weighted by molar-refractivity contribution is 5.47. The molecule has 0 N–H and O–H groups in total. The maximum absolute atomic E-state index is 5.44. The largest absolute Gasteiger partial charge is 0.339 e. The summed E-state index contributed by atoms with van der Waals surface area (Å²) in [5, 5.41) is 12.3. The monoisotopic (exact) mass is 295 g/mol. The van der Waals surface area contributed by atoms with Gasteiger partial charge >= 0.3 is 0 Å². The van der Waals surface area contributed by atoms with Gasteiger partial charge in [0.1, 0.15) is 0 Å². The lowest BCUT2D eigenvalue weighted by atomic mass is 9.89. The molecule has 6 heteroatoms. The molecule has 0 saturated heterocycles. The lowest BCUT2D eigenvalue weighted by Crippen LogP contribution is -2.04. The minimum absolute atomic E-state index is 0.402. The first-order chi connectivity index (χ1) is 10.9. The van der Waals surface area contributed by atoms with E-state index in [0.717, 1.165) is 24.4 Å². The topological polar surface area (TPSA) is 69.6 Å². The van der Waals surface area contributed by atoms with E-state index in [2.05, 4.69) is 20.5 Å². The Morgan fingerprint density at radius 2 is 1.86 bits per heavy atom. The Kier molecular flexibility index (Phi) is 3.42. The van der Waals surface area contributed by atoms with Gasteiger partial charge in [-0.1, -0.05) is 47.8 Å². The zero-order valence-corrected chi connectivity index (χ0v) is 12.2. The molecule has 1 aliphatic carbocycles. The number of benzene rings is 1. The standard InChI is InChI=1S/C16H17N5O/c1-3-7-12(8-4-1)16-17-15(19-22-16)14-11-21(20-18-14)13-9-5-2-6-10-13/h2,5-6,9-12H,1,3-4,7-8H2. The van der Waals surface area contributed by atoms with Crippen LogP contribution in [0.5, 0.6) is 0 Å². The highest BCUT2D eigenvalue weighted by Crippen LogP contribution is 2.32. The quantitative estimate of drug-likeness (QED) is 0.741. The third-order valence-electron chi connectivity index (χ3n) is 4.14. The minimum Gasteiger partial charge on any atom is -0.339 e. The van der Waals surface area contributed by atoms with E-state index >= 15 is 0 Å². The zero-order chi connectivity index (χ0) is 14.8. The van der Waals surface area contributed by atoms with Gasteiger partial charge in [0.25, 0.3) is 0 Å². The fourth-order valence-corrected chi connectivity index (χ4v) is 2.93. The van der Waals surface area contributed by atoms with Crippen LogP contribution in [0.3, 0.4) is 0 Å². The molecular weight excluding hydrogens is 278 g/mol. The van der Waals surface area contributed by atoms with E-state index in [1.165, 1.54) is 19.3 Å². The number of rotatable bonds is 3. The predicted molar refractivity (Wildman–Crippen MR) is 80.5 cm³/mol. The van der Waals surface area contributed by atoms with Gasteiger partial charge < -0.3 is 4.52 Å². The Labute approximate surface area is 128 Å². The fraction of sp³-hybridized carbons (Fsp3) is 0.375. The molecule has 0 spiro atoms. The Bertz CT molecular complexity index is 743. The van der Waals surface area contributed by atoms with Crippen molar-refractivity contribution in [3.63, 3.8) is 0 Å². The molecule has 1 saturated carbocycles. The second-order valence-corrected chi connectivity index (χ2v) is 5.68. The molecule has 6 nitrogen and oxygen atoms in total. The number of hydrogen-bond acceptors (Lipinski definition) is 5. The van der Waals surface area contributed by atoms with Crippen molar-refractivity contribution in [2.24, 2.45) is 0 Å². The maximum atomic E-state index is 5.44. The Morgan fingerprint density at radius 1 is 1.05 bits per heavy atom. The Hall–Kier alpha value is -2.50. The lowest BCUT2D eigenvalue weighted by Gasteiger charge is -2.17. The molecule has 1 fully saturated rings. The highest BCUT2D eigenvalue weighted by Gasteiger charge is 2.22. The van der Waals surface area contributed by atoms with Gasteiger partial charge in [0.05, 0.1) is 11.9 Å². The van der Waals surface area contributed by atoms with Crippen LogP contribution in [0.2, 0.25) is 0 Å². The van der Waals surface area contributed by atoms with Crippen molar-refractivity contribution in [2.75, 3.05) is 0 Å². The molecule has 0 bridgehead atoms. The van der Waals surface area contributed by atoms with Gasteiger partial charge in [-0.15, -0.1) is 5.10 Å². The average molecular weight is 295 g/mol.